The molecule has 11 heavy (non-hydrogen) atoms. The van der Waals surface area contributed by atoms with Gasteiger partial charge in [0.05, 0.1) is 0 Å². The van der Waals surface area contributed by atoms with Crippen LogP contribution in [-0.4, -0.2) is 5.88 Å². The van der Waals surface area contributed by atoms with Crippen LogP contribution in [0, 0.1) is 11.3 Å². The van der Waals surface area contributed by atoms with Crippen LogP contribution >= 0.6 is 11.6 Å². The van der Waals surface area contributed by atoms with Crippen molar-refractivity contribution in [3.63, 3.8) is 0 Å². The van der Waals surface area contributed by atoms with Crippen molar-refractivity contribution in [2.24, 2.45) is 11.3 Å². The maximum Gasteiger partial charge on any atom is 0.0436 e. The van der Waals surface area contributed by atoms with Crippen molar-refractivity contribution in [1.82, 2.24) is 0 Å². The van der Waals surface area contributed by atoms with Gasteiger partial charge in [0.1, 0.15) is 0 Å². The Labute approximate surface area is 75.6 Å². The minimum absolute atomic E-state index is 0.258. The summed E-state index contributed by atoms with van der Waals surface area (Å²) >= 11 is 5.80. The summed E-state index contributed by atoms with van der Waals surface area (Å²) in [6, 6.07) is 0. The second-order valence-corrected chi connectivity index (χ2v) is 4.64. The van der Waals surface area contributed by atoms with E-state index in [-0.39, 0.29) is 5.41 Å². The number of rotatable bonds is 2. The average molecular weight is 175 g/mol. The molecule has 0 atom stereocenters. The average Bonchev–Trinajstić information content (AvgIpc) is 1.80. The van der Waals surface area contributed by atoms with E-state index >= 15 is 0 Å². The molecule has 0 amide bonds. The highest BCUT2D eigenvalue weighted by molar-refractivity contribution is 6.19. The molecule has 0 aromatic carbocycles. The molecule has 0 aliphatic heterocycles. The lowest BCUT2D eigenvalue weighted by atomic mass is 9.90. The first kappa shape index (κ1) is 11.0. The lowest BCUT2D eigenvalue weighted by molar-refractivity contribution is 0.532. The van der Waals surface area contributed by atoms with Crippen LogP contribution in [0.1, 0.15) is 34.6 Å². The molecule has 66 valence electrons. The van der Waals surface area contributed by atoms with Crippen molar-refractivity contribution in [2.75, 3.05) is 5.88 Å². The van der Waals surface area contributed by atoms with Crippen molar-refractivity contribution in [3.05, 3.63) is 11.6 Å². The first-order chi connectivity index (χ1) is 4.87. The summed E-state index contributed by atoms with van der Waals surface area (Å²) in [4.78, 5) is 0. The summed E-state index contributed by atoms with van der Waals surface area (Å²) in [7, 11) is 0. The first-order valence-electron chi connectivity index (χ1n) is 4.14. The fourth-order valence-corrected chi connectivity index (χ4v) is 1.30. The number of hydrogen-bond acceptors (Lipinski definition) is 0. The van der Waals surface area contributed by atoms with Crippen LogP contribution in [0.3, 0.4) is 0 Å². The van der Waals surface area contributed by atoms with E-state index in [4.69, 9.17) is 11.6 Å². The van der Waals surface area contributed by atoms with E-state index in [0.29, 0.717) is 11.8 Å². The van der Waals surface area contributed by atoms with E-state index < -0.39 is 0 Å². The van der Waals surface area contributed by atoms with Gasteiger partial charge in [-0.1, -0.05) is 46.3 Å². The maximum absolute atomic E-state index is 5.80. The highest BCUT2D eigenvalue weighted by atomic mass is 35.5. The van der Waals surface area contributed by atoms with Crippen LogP contribution in [0.5, 0.6) is 0 Å². The molecular formula is C10H19Cl. The van der Waals surface area contributed by atoms with Crippen molar-refractivity contribution in [2.45, 2.75) is 34.6 Å². The van der Waals surface area contributed by atoms with E-state index in [1.54, 1.807) is 0 Å². The molecule has 0 spiro atoms. The lowest BCUT2D eigenvalue weighted by Gasteiger charge is -2.17. The third-order valence-corrected chi connectivity index (χ3v) is 1.82. The molecule has 0 unspecified atom stereocenters. The zero-order valence-electron chi connectivity index (χ0n) is 8.24. The zero-order valence-corrected chi connectivity index (χ0v) is 9.00. The van der Waals surface area contributed by atoms with Crippen molar-refractivity contribution < 1.29 is 0 Å². The molecule has 1 heteroatoms. The lowest BCUT2D eigenvalue weighted by Crippen LogP contribution is -2.05. The van der Waals surface area contributed by atoms with Crippen LogP contribution < -0.4 is 0 Å². The molecule has 0 radical (unpaired) electrons. The molecule has 0 nitrogen and oxygen atoms in total. The van der Waals surface area contributed by atoms with Crippen LogP contribution in [0.2, 0.25) is 0 Å². The largest absolute Gasteiger partial charge is 0.122 e. The Morgan fingerprint density at radius 1 is 1.36 bits per heavy atom. The topological polar surface area (TPSA) is 0 Å². The van der Waals surface area contributed by atoms with Crippen LogP contribution in [0.25, 0.3) is 0 Å². The summed E-state index contributed by atoms with van der Waals surface area (Å²) in [5, 5.41) is 0. The number of allylic oxidation sites excluding steroid dienone is 2. The highest BCUT2D eigenvalue weighted by Gasteiger charge is 2.09. The quantitative estimate of drug-likeness (QED) is 0.441. The molecule has 0 fully saturated rings. The number of hydrogen-bond donors (Lipinski definition) is 0. The van der Waals surface area contributed by atoms with Crippen LogP contribution in [0.15, 0.2) is 11.6 Å². The summed E-state index contributed by atoms with van der Waals surface area (Å²) < 4.78 is 0. The van der Waals surface area contributed by atoms with E-state index in [9.17, 15) is 0 Å². The van der Waals surface area contributed by atoms with Gasteiger partial charge < -0.3 is 0 Å². The van der Waals surface area contributed by atoms with Gasteiger partial charge >= 0.3 is 0 Å². The zero-order chi connectivity index (χ0) is 9.07. The molecule has 0 saturated heterocycles. The Balaban J connectivity index is 4.36. The molecule has 0 aliphatic carbocycles. The Morgan fingerprint density at radius 3 is 1.91 bits per heavy atom. The predicted molar refractivity (Wildman–Crippen MR) is 53.1 cm³/mol. The van der Waals surface area contributed by atoms with E-state index in [0.717, 1.165) is 0 Å². The van der Waals surface area contributed by atoms with Gasteiger partial charge in [0, 0.05) is 5.88 Å². The fourth-order valence-electron chi connectivity index (χ4n) is 0.916. The third kappa shape index (κ3) is 5.32. The summed E-state index contributed by atoms with van der Waals surface area (Å²) in [5.41, 5.74) is 1.60. The Bertz CT molecular complexity index is 137. The minimum Gasteiger partial charge on any atom is -0.122 e. The maximum atomic E-state index is 5.80. The van der Waals surface area contributed by atoms with Gasteiger partial charge in [-0.15, -0.1) is 11.6 Å². The van der Waals surface area contributed by atoms with Gasteiger partial charge in [0.25, 0.3) is 0 Å². The third-order valence-electron chi connectivity index (χ3n) is 1.51. The summed E-state index contributed by atoms with van der Waals surface area (Å²) in [6.07, 6.45) is 2.27. The Hall–Kier alpha value is 0.0300. The van der Waals surface area contributed by atoms with Gasteiger partial charge in [-0.05, 0) is 11.3 Å². The van der Waals surface area contributed by atoms with Crippen LogP contribution in [0.4, 0.5) is 0 Å². The smallest absolute Gasteiger partial charge is 0.0436 e. The normalized spacial score (nSPS) is 14.3. The second kappa shape index (κ2) is 4.15. The van der Waals surface area contributed by atoms with E-state index in [1.165, 1.54) is 5.57 Å². The molecular weight excluding hydrogens is 156 g/mol. The van der Waals surface area contributed by atoms with Gasteiger partial charge in [0.2, 0.25) is 0 Å². The molecule has 0 bridgehead atoms. The second-order valence-electron chi connectivity index (χ2n) is 4.37. The highest BCUT2D eigenvalue weighted by Crippen LogP contribution is 2.22. The monoisotopic (exact) mass is 174 g/mol. The summed E-state index contributed by atoms with van der Waals surface area (Å²) in [5.74, 6) is 1.24. The minimum atomic E-state index is 0.258. The molecule has 0 aromatic rings. The fraction of sp³-hybridized carbons (Fsp3) is 0.800. The summed E-state index contributed by atoms with van der Waals surface area (Å²) in [6.45, 7) is 11.0. The van der Waals surface area contributed by atoms with Crippen molar-refractivity contribution in [1.29, 1.82) is 0 Å². The molecule has 0 N–H and O–H groups in total. The van der Waals surface area contributed by atoms with Gasteiger partial charge in [-0.3, -0.25) is 0 Å². The molecule has 0 aromatic heterocycles. The van der Waals surface area contributed by atoms with Gasteiger partial charge in [-0.25, -0.2) is 0 Å². The Morgan fingerprint density at radius 2 is 1.82 bits per heavy atom. The van der Waals surface area contributed by atoms with Crippen molar-refractivity contribution in [3.8, 4) is 0 Å². The van der Waals surface area contributed by atoms with Crippen molar-refractivity contribution >= 4 is 11.6 Å². The van der Waals surface area contributed by atoms with Crippen LogP contribution in [-0.2, 0) is 0 Å². The Kier molecular flexibility index (Phi) is 4.17. The predicted octanol–water partition coefficient (Wildman–Crippen LogP) is 3.85. The molecule has 0 rings (SSSR count). The van der Waals surface area contributed by atoms with Gasteiger partial charge in [0.15, 0.2) is 0 Å². The standard InChI is InChI=1S/C10H19Cl/c1-8(2)9(7-11)6-10(3,4)5/h6,8H,7H2,1-5H3. The number of alkyl halides is 1. The van der Waals surface area contributed by atoms with E-state index in [2.05, 4.69) is 40.7 Å². The van der Waals surface area contributed by atoms with E-state index in [1.807, 2.05) is 0 Å². The SMILES string of the molecule is CC(C)C(=CC(C)(C)C)CCl. The number of halogens is 1. The molecule has 0 heterocycles. The first-order valence-corrected chi connectivity index (χ1v) is 4.68. The van der Waals surface area contributed by atoms with Gasteiger partial charge in [-0.2, -0.15) is 0 Å². The molecule has 0 aliphatic rings. The molecule has 0 saturated carbocycles.